The first kappa shape index (κ1) is 13.8. The molecule has 0 saturated heterocycles. The van der Waals surface area contributed by atoms with E-state index in [4.69, 9.17) is 14.1 Å². The van der Waals surface area contributed by atoms with Crippen LogP contribution < -0.4 is 4.74 Å². The third kappa shape index (κ3) is 2.90. The summed E-state index contributed by atoms with van der Waals surface area (Å²) >= 11 is 0. The maximum atomic E-state index is 6.18. The second-order valence-electron chi connectivity index (χ2n) is 5.56. The first-order valence-electron chi connectivity index (χ1n) is 7.77. The Balaban J connectivity index is 1.68. The van der Waals surface area contributed by atoms with Gasteiger partial charge in [-0.1, -0.05) is 42.5 Å². The van der Waals surface area contributed by atoms with E-state index in [1.54, 1.807) is 6.26 Å². The Kier molecular flexibility index (Phi) is 3.68. The van der Waals surface area contributed by atoms with E-state index in [2.05, 4.69) is 18.2 Å². The van der Waals surface area contributed by atoms with Crippen molar-refractivity contribution in [2.75, 3.05) is 0 Å². The van der Waals surface area contributed by atoms with E-state index in [0.29, 0.717) is 6.54 Å². The Morgan fingerprint density at radius 2 is 1.74 bits per heavy atom. The molecule has 0 saturated carbocycles. The van der Waals surface area contributed by atoms with Crippen molar-refractivity contribution in [2.24, 2.45) is 4.99 Å². The number of ether oxygens (including phenoxy) is 1. The van der Waals surface area contributed by atoms with Crippen LogP contribution in [0.25, 0.3) is 0 Å². The fraction of sp³-hybridized carbons (Fsp3) is 0.150. The predicted octanol–water partition coefficient (Wildman–Crippen LogP) is 4.79. The largest absolute Gasteiger partial charge is 0.485 e. The molecular formula is C20H17NO2. The van der Waals surface area contributed by atoms with Gasteiger partial charge in [0.25, 0.3) is 0 Å². The van der Waals surface area contributed by atoms with Gasteiger partial charge in [0.15, 0.2) is 0 Å². The van der Waals surface area contributed by atoms with Crippen LogP contribution in [0.5, 0.6) is 5.75 Å². The zero-order valence-corrected chi connectivity index (χ0v) is 12.7. The van der Waals surface area contributed by atoms with E-state index in [-0.39, 0.29) is 6.10 Å². The van der Waals surface area contributed by atoms with Crippen molar-refractivity contribution in [3.63, 3.8) is 0 Å². The second-order valence-corrected chi connectivity index (χ2v) is 5.56. The fourth-order valence-corrected chi connectivity index (χ4v) is 2.87. The van der Waals surface area contributed by atoms with Gasteiger partial charge in [-0.25, -0.2) is 0 Å². The summed E-state index contributed by atoms with van der Waals surface area (Å²) in [5, 5.41) is 0. The summed E-state index contributed by atoms with van der Waals surface area (Å²) in [5.74, 6) is 1.77. The van der Waals surface area contributed by atoms with E-state index in [1.807, 2.05) is 48.5 Å². The molecule has 3 heteroatoms. The highest BCUT2D eigenvalue weighted by Crippen LogP contribution is 2.35. The number of hydrogen-bond donors (Lipinski definition) is 0. The van der Waals surface area contributed by atoms with Crippen LogP contribution in [0.1, 0.15) is 29.4 Å². The van der Waals surface area contributed by atoms with Crippen LogP contribution in [0, 0.1) is 0 Å². The third-order valence-corrected chi connectivity index (χ3v) is 4.02. The lowest BCUT2D eigenvalue weighted by molar-refractivity contribution is 0.206. The van der Waals surface area contributed by atoms with Gasteiger partial charge in [0.2, 0.25) is 0 Å². The highest BCUT2D eigenvalue weighted by atomic mass is 16.5. The highest BCUT2D eigenvalue weighted by Gasteiger charge is 2.25. The quantitative estimate of drug-likeness (QED) is 0.697. The number of nitrogens with zero attached hydrogens (tertiary/aromatic N) is 1. The fourth-order valence-electron chi connectivity index (χ4n) is 2.87. The Morgan fingerprint density at radius 3 is 2.57 bits per heavy atom. The standard InChI is InChI=1S/C20H17NO2/c1-2-7-15(8-3-1)20-13-18(21-14-16-9-6-12-22-16)17-10-4-5-11-19(17)23-20/h1-12,20H,13-14H2. The molecule has 1 aromatic heterocycles. The van der Waals surface area contributed by atoms with Crippen LogP contribution in [-0.2, 0) is 6.54 Å². The number of rotatable bonds is 3. The van der Waals surface area contributed by atoms with E-state index in [1.165, 1.54) is 5.56 Å². The monoisotopic (exact) mass is 303 g/mol. The maximum absolute atomic E-state index is 6.18. The molecule has 2 heterocycles. The molecule has 0 spiro atoms. The van der Waals surface area contributed by atoms with Gasteiger partial charge in [0, 0.05) is 12.0 Å². The minimum absolute atomic E-state index is 0.00134. The van der Waals surface area contributed by atoms with Crippen molar-refractivity contribution < 1.29 is 9.15 Å². The normalized spacial score (nSPS) is 18.4. The number of para-hydroxylation sites is 1. The minimum atomic E-state index is 0.00134. The topological polar surface area (TPSA) is 34.7 Å². The van der Waals surface area contributed by atoms with E-state index >= 15 is 0 Å². The predicted molar refractivity (Wildman–Crippen MR) is 89.8 cm³/mol. The van der Waals surface area contributed by atoms with Crippen molar-refractivity contribution >= 4 is 5.71 Å². The Hall–Kier alpha value is -2.81. The summed E-state index contributed by atoms with van der Waals surface area (Å²) in [7, 11) is 0. The second kappa shape index (κ2) is 6.13. The summed E-state index contributed by atoms with van der Waals surface area (Å²) in [6, 6.07) is 22.2. The van der Waals surface area contributed by atoms with Gasteiger partial charge in [-0.3, -0.25) is 4.99 Å². The number of fused-ring (bicyclic) bond motifs is 1. The summed E-state index contributed by atoms with van der Waals surface area (Å²) < 4.78 is 11.6. The van der Waals surface area contributed by atoms with Gasteiger partial charge in [0.05, 0.1) is 18.5 Å². The first-order valence-corrected chi connectivity index (χ1v) is 7.77. The lowest BCUT2D eigenvalue weighted by Gasteiger charge is -2.27. The first-order chi connectivity index (χ1) is 11.4. The van der Waals surface area contributed by atoms with Crippen LogP contribution in [0.2, 0.25) is 0 Å². The molecule has 1 aliphatic rings. The smallest absolute Gasteiger partial charge is 0.129 e. The highest BCUT2D eigenvalue weighted by molar-refractivity contribution is 6.04. The zero-order valence-electron chi connectivity index (χ0n) is 12.7. The van der Waals surface area contributed by atoms with Gasteiger partial charge in [-0.15, -0.1) is 0 Å². The van der Waals surface area contributed by atoms with Crippen LogP contribution in [0.4, 0.5) is 0 Å². The molecule has 0 aliphatic carbocycles. The van der Waals surface area contributed by atoms with Crippen molar-refractivity contribution in [2.45, 2.75) is 19.1 Å². The summed E-state index contributed by atoms with van der Waals surface area (Å²) in [6.45, 7) is 0.554. The third-order valence-electron chi connectivity index (χ3n) is 4.02. The molecule has 0 fully saturated rings. The molecule has 0 radical (unpaired) electrons. The maximum Gasteiger partial charge on any atom is 0.129 e. The molecule has 23 heavy (non-hydrogen) atoms. The van der Waals surface area contributed by atoms with Crippen molar-refractivity contribution in [3.8, 4) is 5.75 Å². The van der Waals surface area contributed by atoms with E-state index < -0.39 is 0 Å². The van der Waals surface area contributed by atoms with Gasteiger partial charge >= 0.3 is 0 Å². The lowest BCUT2D eigenvalue weighted by atomic mass is 9.95. The molecule has 3 nitrogen and oxygen atoms in total. The van der Waals surface area contributed by atoms with Crippen LogP contribution in [0.3, 0.4) is 0 Å². The molecule has 2 aromatic carbocycles. The van der Waals surface area contributed by atoms with Crippen molar-refractivity contribution in [3.05, 3.63) is 89.9 Å². The molecule has 0 bridgehead atoms. The summed E-state index contributed by atoms with van der Waals surface area (Å²) in [6.07, 6.45) is 2.45. The minimum Gasteiger partial charge on any atom is -0.485 e. The molecule has 1 unspecified atom stereocenters. The molecule has 0 amide bonds. The van der Waals surface area contributed by atoms with Gasteiger partial charge in [-0.2, -0.15) is 0 Å². The molecule has 4 rings (SSSR count). The van der Waals surface area contributed by atoms with Gasteiger partial charge < -0.3 is 9.15 Å². The van der Waals surface area contributed by atoms with Gasteiger partial charge in [-0.05, 0) is 29.8 Å². The number of furan rings is 1. The van der Waals surface area contributed by atoms with Crippen molar-refractivity contribution in [1.82, 2.24) is 0 Å². The van der Waals surface area contributed by atoms with Crippen LogP contribution in [-0.4, -0.2) is 5.71 Å². The zero-order chi connectivity index (χ0) is 15.5. The SMILES string of the molecule is c1ccc(C2CC(=NCc3ccco3)c3ccccc3O2)cc1. The average Bonchev–Trinajstić information content (AvgIpc) is 3.14. The molecule has 1 aliphatic heterocycles. The Bertz CT molecular complexity index is 807. The van der Waals surface area contributed by atoms with Crippen molar-refractivity contribution in [1.29, 1.82) is 0 Å². The Morgan fingerprint density at radius 1 is 0.913 bits per heavy atom. The number of benzene rings is 2. The summed E-state index contributed by atoms with van der Waals surface area (Å²) in [4.78, 5) is 4.79. The molecule has 1 atom stereocenters. The lowest BCUT2D eigenvalue weighted by Crippen LogP contribution is -2.21. The summed E-state index contributed by atoms with van der Waals surface area (Å²) in [5.41, 5.74) is 3.32. The number of aliphatic imine (C=N–C) groups is 1. The van der Waals surface area contributed by atoms with Gasteiger partial charge in [0.1, 0.15) is 17.6 Å². The Labute approximate surface area is 135 Å². The van der Waals surface area contributed by atoms with Crippen LogP contribution in [0.15, 0.2) is 82.4 Å². The molecule has 114 valence electrons. The van der Waals surface area contributed by atoms with E-state index in [9.17, 15) is 0 Å². The van der Waals surface area contributed by atoms with E-state index in [0.717, 1.165) is 29.2 Å². The molecule has 0 N–H and O–H groups in total. The van der Waals surface area contributed by atoms with Crippen LogP contribution >= 0.6 is 0 Å². The molecular weight excluding hydrogens is 286 g/mol. The number of hydrogen-bond acceptors (Lipinski definition) is 3. The average molecular weight is 303 g/mol. The molecule has 3 aromatic rings.